The van der Waals surface area contributed by atoms with Crippen molar-refractivity contribution in [2.75, 3.05) is 52.7 Å². The van der Waals surface area contributed by atoms with Gasteiger partial charge in [0.1, 0.15) is 17.9 Å². The molecular weight excluding hydrogens is 689 g/mol. The fraction of sp³-hybridized carbons (Fsp3) is 0.439. The van der Waals surface area contributed by atoms with E-state index in [1.165, 1.54) is 22.4 Å². The van der Waals surface area contributed by atoms with E-state index in [4.69, 9.17) is 4.74 Å². The van der Waals surface area contributed by atoms with Crippen LogP contribution in [0.2, 0.25) is 0 Å². The maximum Gasteiger partial charge on any atom is 0.319 e. The van der Waals surface area contributed by atoms with E-state index in [2.05, 4.69) is 32.7 Å². The molecule has 2 N–H and O–H groups in total. The van der Waals surface area contributed by atoms with Crippen LogP contribution in [0.4, 0.5) is 14.9 Å². The molecule has 12 nitrogen and oxygen atoms in total. The number of fused-ring (bicyclic) bond motifs is 1. The number of rotatable bonds is 12. The lowest BCUT2D eigenvalue weighted by atomic mass is 9.89. The fourth-order valence-electron chi connectivity index (χ4n) is 7.77. The molecule has 0 radical (unpaired) electrons. The van der Waals surface area contributed by atoms with Crippen molar-refractivity contribution in [2.45, 2.75) is 63.1 Å². The summed E-state index contributed by atoms with van der Waals surface area (Å²) < 4.78 is 23.0. The second kappa shape index (κ2) is 17.2. The van der Waals surface area contributed by atoms with Gasteiger partial charge in [-0.2, -0.15) is 0 Å². The van der Waals surface area contributed by atoms with Gasteiger partial charge >= 0.3 is 6.03 Å². The summed E-state index contributed by atoms with van der Waals surface area (Å²) in [5.74, 6) is 0.332. The topological polar surface area (TPSA) is 129 Å². The Bertz CT molecular complexity index is 2020. The standard InChI is InChI=1S/C41H50FN7O5/c1-43-39(51)10-9-31(26-50)45-30-7-5-27(6-8-30)28-12-19-49(20-13-28)41(53)47(3)32-14-17-48(18-15-32)25-36-37(42)21-29(22-38(36)54-4)35-24-46(2)40(52)34-23-44-16-11-33(34)35/h5-8,11,16,21-24,26,28,31-32,45H,9-10,12-15,17-20,25H2,1-4H3,(H,43,51). The van der Waals surface area contributed by atoms with Gasteiger partial charge in [0.25, 0.3) is 5.56 Å². The molecule has 0 aliphatic carbocycles. The molecule has 0 spiro atoms. The van der Waals surface area contributed by atoms with Crippen LogP contribution in [-0.2, 0) is 23.2 Å². The minimum absolute atomic E-state index is 0.0492. The monoisotopic (exact) mass is 739 g/mol. The fourth-order valence-corrected chi connectivity index (χ4v) is 7.77. The van der Waals surface area contributed by atoms with Gasteiger partial charge < -0.3 is 34.5 Å². The van der Waals surface area contributed by atoms with Gasteiger partial charge in [-0.05, 0) is 84.9 Å². The quantitative estimate of drug-likeness (QED) is 0.191. The molecule has 4 aromatic rings. The molecule has 4 heterocycles. The molecule has 6 rings (SSSR count). The lowest BCUT2D eigenvalue weighted by Crippen LogP contribution is -2.51. The normalized spacial score (nSPS) is 16.2. The summed E-state index contributed by atoms with van der Waals surface area (Å²) in [4.78, 5) is 59.5. The van der Waals surface area contributed by atoms with Crippen LogP contribution in [0.15, 0.2) is 65.8 Å². The number of aromatic nitrogens is 2. The van der Waals surface area contributed by atoms with E-state index in [0.29, 0.717) is 59.6 Å². The van der Waals surface area contributed by atoms with Crippen LogP contribution in [0.5, 0.6) is 5.75 Å². The zero-order valence-corrected chi connectivity index (χ0v) is 31.5. The summed E-state index contributed by atoms with van der Waals surface area (Å²) >= 11 is 0. The number of nitrogens with one attached hydrogen (secondary N) is 2. The van der Waals surface area contributed by atoms with E-state index in [1.54, 1.807) is 39.7 Å². The third-order valence-corrected chi connectivity index (χ3v) is 11.1. The van der Waals surface area contributed by atoms with Crippen LogP contribution >= 0.6 is 0 Å². The number of nitrogens with zero attached hydrogens (tertiary/aromatic N) is 5. The SMILES string of the molecule is CNC(=O)CCC(C=O)Nc1ccc(C2CCN(C(=O)N(C)C3CCN(Cc4c(F)cc(-c5cn(C)c(=O)c6cnccc56)cc4OC)CC3)CC2)cc1. The highest BCUT2D eigenvalue weighted by molar-refractivity contribution is 5.95. The number of aryl methyl sites for hydroxylation is 1. The van der Waals surface area contributed by atoms with Crippen LogP contribution in [0.1, 0.15) is 55.6 Å². The zero-order valence-electron chi connectivity index (χ0n) is 31.5. The maximum absolute atomic E-state index is 15.8. The molecule has 2 aromatic carbocycles. The van der Waals surface area contributed by atoms with Crippen molar-refractivity contribution >= 4 is 34.7 Å². The number of carbonyl (C=O) groups is 3. The number of hydrogen-bond donors (Lipinski definition) is 2. The molecule has 2 fully saturated rings. The Labute approximate surface area is 315 Å². The van der Waals surface area contributed by atoms with E-state index in [-0.39, 0.29) is 35.8 Å². The van der Waals surface area contributed by atoms with Gasteiger partial charge in [-0.25, -0.2) is 9.18 Å². The molecule has 54 heavy (non-hydrogen) atoms. The minimum atomic E-state index is -0.434. The molecule has 1 unspecified atom stereocenters. The molecule has 286 valence electrons. The smallest absolute Gasteiger partial charge is 0.319 e. The predicted molar refractivity (Wildman–Crippen MR) is 207 cm³/mol. The number of carbonyl (C=O) groups excluding carboxylic acids is 3. The van der Waals surface area contributed by atoms with Gasteiger partial charge in [-0.3, -0.25) is 19.5 Å². The van der Waals surface area contributed by atoms with Gasteiger partial charge in [0.2, 0.25) is 5.91 Å². The van der Waals surface area contributed by atoms with Gasteiger partial charge in [0.05, 0.1) is 18.5 Å². The van der Waals surface area contributed by atoms with E-state index in [1.807, 2.05) is 35.0 Å². The number of hydrogen-bond acceptors (Lipinski definition) is 8. The largest absolute Gasteiger partial charge is 0.496 e. The lowest BCUT2D eigenvalue weighted by molar-refractivity contribution is -0.120. The number of halogens is 1. The Morgan fingerprint density at radius 3 is 2.44 bits per heavy atom. The molecule has 3 amide bonds. The third-order valence-electron chi connectivity index (χ3n) is 11.1. The number of urea groups is 1. The highest BCUT2D eigenvalue weighted by Crippen LogP contribution is 2.35. The Kier molecular flexibility index (Phi) is 12.3. The van der Waals surface area contributed by atoms with Gasteiger partial charge in [0.15, 0.2) is 0 Å². The number of anilines is 1. The van der Waals surface area contributed by atoms with E-state index < -0.39 is 6.04 Å². The number of piperidine rings is 2. The van der Waals surface area contributed by atoms with Gasteiger partial charge in [-0.15, -0.1) is 0 Å². The number of pyridine rings is 2. The number of ether oxygens (including phenoxy) is 1. The van der Waals surface area contributed by atoms with Crippen molar-refractivity contribution in [1.29, 1.82) is 0 Å². The first-order chi connectivity index (χ1) is 26.1. The Balaban J connectivity index is 0.999. The maximum atomic E-state index is 15.8. The number of methoxy groups -OCH3 is 1. The number of amides is 3. The molecule has 0 bridgehead atoms. The van der Waals surface area contributed by atoms with Crippen molar-refractivity contribution in [1.82, 2.24) is 29.6 Å². The molecule has 0 saturated carbocycles. The second-order valence-corrected chi connectivity index (χ2v) is 14.4. The first-order valence-electron chi connectivity index (χ1n) is 18.7. The Hall–Kier alpha value is -5.30. The molecule has 1 atom stereocenters. The highest BCUT2D eigenvalue weighted by Gasteiger charge is 2.31. The summed E-state index contributed by atoms with van der Waals surface area (Å²) in [6.45, 7) is 3.19. The van der Waals surface area contributed by atoms with Crippen molar-refractivity contribution in [3.8, 4) is 16.9 Å². The van der Waals surface area contributed by atoms with Crippen molar-refractivity contribution in [3.63, 3.8) is 0 Å². The number of benzene rings is 2. The van der Waals surface area contributed by atoms with Crippen LogP contribution in [-0.4, -0.2) is 102 Å². The number of aldehydes is 1. The Morgan fingerprint density at radius 1 is 1.06 bits per heavy atom. The third kappa shape index (κ3) is 8.57. The average molecular weight is 740 g/mol. The summed E-state index contributed by atoms with van der Waals surface area (Å²) in [6, 6.07) is 12.9. The lowest BCUT2D eigenvalue weighted by Gasteiger charge is -2.40. The molecule has 2 aliphatic heterocycles. The minimum Gasteiger partial charge on any atom is -0.496 e. The Morgan fingerprint density at radius 2 is 1.78 bits per heavy atom. The van der Waals surface area contributed by atoms with Crippen LogP contribution < -0.4 is 20.9 Å². The summed E-state index contributed by atoms with van der Waals surface area (Å²) in [7, 11) is 6.69. The van der Waals surface area contributed by atoms with Crippen LogP contribution in [0, 0.1) is 5.82 Å². The average Bonchev–Trinajstić information content (AvgIpc) is 3.21. The molecule has 2 aliphatic rings. The summed E-state index contributed by atoms with van der Waals surface area (Å²) in [6.07, 6.45) is 9.73. The summed E-state index contributed by atoms with van der Waals surface area (Å²) in [5, 5.41) is 6.95. The van der Waals surface area contributed by atoms with Crippen LogP contribution in [0.25, 0.3) is 21.9 Å². The van der Waals surface area contributed by atoms with Crippen molar-refractivity contribution < 1.29 is 23.5 Å². The number of likely N-dealkylation sites (tertiary alicyclic amines) is 2. The first-order valence-corrected chi connectivity index (χ1v) is 18.7. The molecule has 13 heteroatoms. The van der Waals surface area contributed by atoms with Crippen molar-refractivity contribution in [3.05, 3.63) is 88.4 Å². The molecule has 2 saturated heterocycles. The van der Waals surface area contributed by atoms with Gasteiger partial charge in [0, 0.05) is 102 Å². The van der Waals surface area contributed by atoms with Crippen LogP contribution in [0.3, 0.4) is 0 Å². The van der Waals surface area contributed by atoms with E-state index >= 15 is 4.39 Å². The van der Waals surface area contributed by atoms with Crippen molar-refractivity contribution in [2.24, 2.45) is 7.05 Å². The molecular formula is C41H50FN7O5. The predicted octanol–water partition coefficient (Wildman–Crippen LogP) is 5.15. The van der Waals surface area contributed by atoms with Gasteiger partial charge in [-0.1, -0.05) is 12.1 Å². The second-order valence-electron chi connectivity index (χ2n) is 14.4. The highest BCUT2D eigenvalue weighted by atomic mass is 19.1. The summed E-state index contributed by atoms with van der Waals surface area (Å²) in [5.41, 5.74) is 3.70. The van der Waals surface area contributed by atoms with E-state index in [9.17, 15) is 19.2 Å². The van der Waals surface area contributed by atoms with E-state index in [0.717, 1.165) is 56.3 Å². The zero-order chi connectivity index (χ0) is 38.4. The first kappa shape index (κ1) is 38.4. The molecule has 2 aromatic heterocycles.